The van der Waals surface area contributed by atoms with Crippen molar-refractivity contribution in [2.24, 2.45) is 5.10 Å². The van der Waals surface area contributed by atoms with Gasteiger partial charge in [0.2, 0.25) is 9.84 Å². The predicted octanol–water partition coefficient (Wildman–Crippen LogP) is 3.88. The molecule has 0 bridgehead atoms. The maximum Gasteiger partial charge on any atom is 0.212 e. The van der Waals surface area contributed by atoms with Gasteiger partial charge in [0.1, 0.15) is 16.2 Å². The fourth-order valence-electron chi connectivity index (χ4n) is 3.39. The summed E-state index contributed by atoms with van der Waals surface area (Å²) in [5.41, 5.74) is 8.85. The Bertz CT molecular complexity index is 1540. The fraction of sp³-hybridized carbons (Fsp3) is 0. The summed E-state index contributed by atoms with van der Waals surface area (Å²) in [7, 11) is -3.95. The first-order chi connectivity index (χ1) is 15.1. The molecule has 2 aromatic heterocycles. The monoisotopic (exact) mass is 427 g/mol. The summed E-state index contributed by atoms with van der Waals surface area (Å²) in [6.45, 7) is 0. The Kier molecular flexibility index (Phi) is 4.48. The van der Waals surface area contributed by atoms with E-state index < -0.39 is 9.84 Å². The Hall–Kier alpha value is -4.04. The largest absolute Gasteiger partial charge is 0.382 e. The zero-order valence-corrected chi connectivity index (χ0v) is 17.1. The summed E-state index contributed by atoms with van der Waals surface area (Å²) in [4.78, 5) is 9.24. The Morgan fingerprint density at radius 3 is 2.06 bits per heavy atom. The van der Waals surface area contributed by atoms with E-state index in [4.69, 9.17) is 5.73 Å². The standard InChI is InChI=1S/C23H17N5O2S/c24-22-21(31(29,30)17-11-5-2-6-12-17)20-23(27-19-14-8-7-13-18(19)26-20)28(22)25-15-16-9-3-1-4-10-16/h1-15H,24H2. The molecule has 5 aromatic rings. The second kappa shape index (κ2) is 7.33. The molecule has 0 fully saturated rings. The van der Waals surface area contributed by atoms with Crippen molar-refractivity contribution in [2.45, 2.75) is 9.79 Å². The summed E-state index contributed by atoms with van der Waals surface area (Å²) >= 11 is 0. The normalized spacial score (nSPS) is 12.1. The quantitative estimate of drug-likeness (QED) is 0.439. The van der Waals surface area contributed by atoms with Crippen molar-refractivity contribution in [2.75, 3.05) is 5.73 Å². The molecule has 8 heteroatoms. The van der Waals surface area contributed by atoms with Crippen molar-refractivity contribution in [3.8, 4) is 0 Å². The molecule has 2 heterocycles. The number of rotatable bonds is 4. The van der Waals surface area contributed by atoms with Gasteiger partial charge in [-0.15, -0.1) is 0 Å². The van der Waals surface area contributed by atoms with Gasteiger partial charge >= 0.3 is 0 Å². The van der Waals surface area contributed by atoms with Crippen LogP contribution in [0.25, 0.3) is 22.2 Å². The van der Waals surface area contributed by atoms with E-state index in [0.29, 0.717) is 11.0 Å². The van der Waals surface area contributed by atoms with Gasteiger partial charge in [-0.3, -0.25) is 0 Å². The highest BCUT2D eigenvalue weighted by atomic mass is 32.2. The number of hydrogen-bond donors (Lipinski definition) is 1. The Balaban J connectivity index is 1.82. The van der Waals surface area contributed by atoms with Gasteiger partial charge in [0.25, 0.3) is 0 Å². The van der Waals surface area contributed by atoms with Gasteiger partial charge in [0, 0.05) is 0 Å². The topological polar surface area (TPSA) is 103 Å². The van der Waals surface area contributed by atoms with Gasteiger partial charge < -0.3 is 5.73 Å². The second-order valence-electron chi connectivity index (χ2n) is 6.88. The molecule has 3 aromatic carbocycles. The first-order valence-corrected chi connectivity index (χ1v) is 11.0. The smallest absolute Gasteiger partial charge is 0.212 e. The molecular weight excluding hydrogens is 410 g/mol. The van der Waals surface area contributed by atoms with Crippen LogP contribution in [0.4, 0.5) is 5.82 Å². The molecule has 152 valence electrons. The molecule has 0 aliphatic carbocycles. The van der Waals surface area contributed by atoms with E-state index >= 15 is 0 Å². The van der Waals surface area contributed by atoms with Crippen molar-refractivity contribution < 1.29 is 8.42 Å². The first-order valence-electron chi connectivity index (χ1n) is 9.52. The summed E-state index contributed by atoms with van der Waals surface area (Å²) < 4.78 is 28.3. The van der Waals surface area contributed by atoms with Gasteiger partial charge in [0.05, 0.1) is 22.1 Å². The van der Waals surface area contributed by atoms with Crippen molar-refractivity contribution in [1.82, 2.24) is 14.6 Å². The number of anilines is 1. The van der Waals surface area contributed by atoms with Gasteiger partial charge in [-0.25, -0.2) is 18.4 Å². The minimum absolute atomic E-state index is 0.0404. The molecule has 0 amide bonds. The number of sulfone groups is 1. The van der Waals surface area contributed by atoms with E-state index in [0.717, 1.165) is 5.56 Å². The van der Waals surface area contributed by atoms with Crippen LogP contribution < -0.4 is 5.73 Å². The summed E-state index contributed by atoms with van der Waals surface area (Å²) in [6.07, 6.45) is 1.60. The maximum atomic E-state index is 13.5. The fourth-order valence-corrected chi connectivity index (χ4v) is 4.89. The molecule has 0 aliphatic heterocycles. The molecule has 7 nitrogen and oxygen atoms in total. The second-order valence-corrected chi connectivity index (χ2v) is 8.77. The zero-order valence-electron chi connectivity index (χ0n) is 16.3. The molecular formula is C23H17N5O2S. The van der Waals surface area contributed by atoms with E-state index in [9.17, 15) is 8.42 Å². The molecule has 0 unspecified atom stereocenters. The molecule has 0 saturated carbocycles. The Morgan fingerprint density at radius 2 is 1.39 bits per heavy atom. The molecule has 0 spiro atoms. The van der Waals surface area contributed by atoms with Gasteiger partial charge in [-0.05, 0) is 29.8 Å². The summed E-state index contributed by atoms with van der Waals surface area (Å²) in [5, 5.41) is 4.44. The van der Waals surface area contributed by atoms with Crippen LogP contribution in [0.2, 0.25) is 0 Å². The first kappa shape index (κ1) is 19.0. The van der Waals surface area contributed by atoms with Crippen LogP contribution >= 0.6 is 0 Å². The number of nitrogens with zero attached hydrogens (tertiary/aromatic N) is 4. The average molecular weight is 427 g/mol. The summed E-state index contributed by atoms with van der Waals surface area (Å²) in [5.74, 6) is -0.0404. The number of para-hydroxylation sites is 2. The van der Waals surface area contributed by atoms with Crippen LogP contribution in [-0.2, 0) is 9.84 Å². The highest BCUT2D eigenvalue weighted by Gasteiger charge is 2.30. The van der Waals surface area contributed by atoms with Crippen LogP contribution in [0.1, 0.15) is 5.56 Å². The van der Waals surface area contributed by atoms with E-state index in [1.807, 2.05) is 48.5 Å². The molecule has 0 saturated heterocycles. The minimum Gasteiger partial charge on any atom is -0.382 e. The van der Waals surface area contributed by atoms with E-state index in [-0.39, 0.29) is 26.8 Å². The third-order valence-corrected chi connectivity index (χ3v) is 6.71. The molecule has 2 N–H and O–H groups in total. The lowest BCUT2D eigenvalue weighted by molar-refractivity contribution is 0.597. The number of benzene rings is 3. The predicted molar refractivity (Wildman–Crippen MR) is 121 cm³/mol. The van der Waals surface area contributed by atoms with Crippen molar-refractivity contribution in [3.05, 3.63) is 90.5 Å². The van der Waals surface area contributed by atoms with Crippen LogP contribution in [0.3, 0.4) is 0 Å². The van der Waals surface area contributed by atoms with Crippen molar-refractivity contribution in [1.29, 1.82) is 0 Å². The molecule has 0 aliphatic rings. The molecule has 0 atom stereocenters. The number of aromatic nitrogens is 3. The molecule has 5 rings (SSSR count). The SMILES string of the molecule is Nc1c(S(=O)(=O)c2ccccc2)c2nc3ccccc3nc2n1N=Cc1ccccc1. The molecule has 31 heavy (non-hydrogen) atoms. The summed E-state index contributed by atoms with van der Waals surface area (Å²) in [6, 6.07) is 24.8. The van der Waals surface area contributed by atoms with E-state index in [1.165, 1.54) is 16.8 Å². The van der Waals surface area contributed by atoms with Gasteiger partial charge in [-0.1, -0.05) is 60.7 Å². The number of nitrogen functional groups attached to an aromatic ring is 1. The lowest BCUT2D eigenvalue weighted by atomic mass is 10.2. The minimum atomic E-state index is -3.95. The van der Waals surface area contributed by atoms with Crippen molar-refractivity contribution in [3.63, 3.8) is 0 Å². The number of hydrogen-bond acceptors (Lipinski definition) is 6. The third kappa shape index (κ3) is 3.23. The number of fused-ring (bicyclic) bond motifs is 2. The van der Waals surface area contributed by atoms with Crippen LogP contribution in [-0.4, -0.2) is 29.3 Å². The van der Waals surface area contributed by atoms with Crippen LogP contribution in [0, 0.1) is 0 Å². The van der Waals surface area contributed by atoms with Crippen molar-refractivity contribution >= 4 is 44.1 Å². The Morgan fingerprint density at radius 1 is 0.806 bits per heavy atom. The third-order valence-electron chi connectivity index (χ3n) is 4.87. The average Bonchev–Trinajstić information content (AvgIpc) is 3.08. The zero-order chi connectivity index (χ0) is 21.4. The lowest BCUT2D eigenvalue weighted by Crippen LogP contribution is -2.06. The molecule has 0 radical (unpaired) electrons. The maximum absolute atomic E-state index is 13.5. The van der Waals surface area contributed by atoms with Gasteiger partial charge in [-0.2, -0.15) is 9.78 Å². The van der Waals surface area contributed by atoms with Crippen LogP contribution in [0.15, 0.2) is 99.8 Å². The van der Waals surface area contributed by atoms with Gasteiger partial charge in [0.15, 0.2) is 5.65 Å². The van der Waals surface area contributed by atoms with Crippen LogP contribution in [0.5, 0.6) is 0 Å². The lowest BCUT2D eigenvalue weighted by Gasteiger charge is -2.04. The number of nitrogens with two attached hydrogens (primary N) is 1. The highest BCUT2D eigenvalue weighted by Crippen LogP contribution is 2.35. The van der Waals surface area contributed by atoms with E-state index in [1.54, 1.807) is 30.5 Å². The van der Waals surface area contributed by atoms with E-state index in [2.05, 4.69) is 15.1 Å². The Labute approximate surface area is 178 Å². The highest BCUT2D eigenvalue weighted by molar-refractivity contribution is 7.92.